The van der Waals surface area contributed by atoms with Gasteiger partial charge in [0.15, 0.2) is 0 Å². The molecule has 0 rings (SSSR count). The van der Waals surface area contributed by atoms with Crippen molar-refractivity contribution in [2.24, 2.45) is 11.7 Å². The first kappa shape index (κ1) is 8.95. The van der Waals surface area contributed by atoms with Gasteiger partial charge in [0.2, 0.25) is 0 Å². The van der Waals surface area contributed by atoms with Crippen LogP contribution in [-0.2, 0) is 0 Å². The van der Waals surface area contributed by atoms with E-state index in [2.05, 4.69) is 11.7 Å². The molecule has 0 bridgehead atoms. The third-order valence-electron chi connectivity index (χ3n) is 0. The normalized spacial score (nSPS) is 5.00. The molecule has 0 amide bonds. The smallest absolute Gasteiger partial charge is 0.0431 e. The zero-order valence-corrected chi connectivity index (χ0v) is 2.88. The lowest BCUT2D eigenvalue weighted by atomic mass is 11.5. The zero-order valence-electron chi connectivity index (χ0n) is 2.88. The molecule has 0 heterocycles. The minimum absolute atomic E-state index is 2.33. The van der Waals surface area contributed by atoms with E-state index < -0.39 is 6.16 Å². The summed E-state index contributed by atoms with van der Waals surface area (Å²) in [6.07, 6.45) is -2.33. The predicted octanol–water partition coefficient (Wildman–Crippen LogP) is -3.63. The highest BCUT2D eigenvalue weighted by Crippen LogP contribution is 1.21. The van der Waals surface area contributed by atoms with E-state index in [9.17, 15) is 0 Å². The average Bonchev–Trinajstić information content (AvgIpc) is 1.41. The zero-order chi connectivity index (χ0) is 5.58. The van der Waals surface area contributed by atoms with Gasteiger partial charge in [-0.15, -0.1) is 0 Å². The maximum atomic E-state index is 8.33. The molecule has 0 aliphatic heterocycles. The molecule has 38 valence electrons. The van der Waals surface area contributed by atoms with Crippen LogP contribution in [0.4, 0.5) is 4.79 Å². The van der Waals surface area contributed by atoms with Crippen molar-refractivity contribution in [1.29, 1.82) is 0 Å². The van der Waals surface area contributed by atoms with E-state index in [0.29, 0.717) is 0 Å². The Balaban J connectivity index is 0. The number of hydrazine groups is 1. The van der Waals surface area contributed by atoms with E-state index in [4.69, 9.17) is 15.0 Å². The van der Waals surface area contributed by atoms with Crippen molar-refractivity contribution in [3.8, 4) is 0 Å². The molecule has 0 atom stereocenters. The maximum absolute atomic E-state index is 8.33. The van der Waals surface area contributed by atoms with Crippen molar-refractivity contribution in [2.75, 3.05) is 0 Å². The van der Waals surface area contributed by atoms with Crippen molar-refractivity contribution in [3.05, 3.63) is 0 Å². The summed E-state index contributed by atoms with van der Waals surface area (Å²) in [6, 6.07) is 0. The van der Waals surface area contributed by atoms with Crippen LogP contribution in [0.15, 0.2) is 0 Å². The van der Waals surface area contributed by atoms with Gasteiger partial charge >= 0.3 is 0 Å². The van der Waals surface area contributed by atoms with E-state index in [1.807, 2.05) is 0 Å². The van der Waals surface area contributed by atoms with Crippen LogP contribution in [-0.4, -0.2) is 6.16 Å². The van der Waals surface area contributed by atoms with Crippen LogP contribution in [0.2, 0.25) is 0 Å². The lowest BCUT2D eigenvalue weighted by Crippen LogP contribution is -2.37. The summed E-state index contributed by atoms with van der Waals surface area (Å²) >= 11 is 0. The summed E-state index contributed by atoms with van der Waals surface area (Å²) < 4.78 is 0. The number of hydrogen-bond acceptors (Lipinski definition) is 5. The number of hydrogen-bond donors (Lipinski definition) is 2. The maximum Gasteiger partial charge on any atom is -0.0431 e. The summed E-state index contributed by atoms with van der Waals surface area (Å²) in [6.45, 7) is 0. The highest BCUT2D eigenvalue weighted by molar-refractivity contribution is 5.47. The van der Waals surface area contributed by atoms with Crippen molar-refractivity contribution < 1.29 is 15.0 Å². The van der Waals surface area contributed by atoms with Crippen LogP contribution in [0.25, 0.3) is 0 Å². The van der Waals surface area contributed by atoms with Gasteiger partial charge in [-0.2, -0.15) is 0 Å². The molecule has 0 spiro atoms. The Hall–Kier alpha value is -0.810. The molecule has 5 nitrogen and oxygen atoms in total. The summed E-state index contributed by atoms with van der Waals surface area (Å²) in [5, 5.41) is 16.7. The van der Waals surface area contributed by atoms with Gasteiger partial charge in [0, 0.05) is 0 Å². The Morgan fingerprint density at radius 3 is 1.33 bits per heavy atom. The first-order chi connectivity index (χ1) is 2.73. The molecule has 0 saturated heterocycles. The SMILES string of the molecule is NN.O=C([O-])[O-]. The molecule has 0 aromatic rings. The Bertz CT molecular complexity index is 31.8. The molecular formula is CH4N2O3-2. The van der Waals surface area contributed by atoms with E-state index in [1.54, 1.807) is 0 Å². The fourth-order valence-corrected chi connectivity index (χ4v) is 0. The number of nitrogens with two attached hydrogens (primary N) is 2. The quantitative estimate of drug-likeness (QED) is 0.236. The molecule has 0 aromatic carbocycles. The lowest BCUT2D eigenvalue weighted by Gasteiger charge is -1.96. The van der Waals surface area contributed by atoms with Crippen LogP contribution < -0.4 is 21.9 Å². The molecule has 0 saturated carbocycles. The molecule has 0 unspecified atom stereocenters. The second-order valence-corrected chi connectivity index (χ2v) is 0.250. The van der Waals surface area contributed by atoms with Crippen molar-refractivity contribution >= 4 is 6.16 Å². The Morgan fingerprint density at radius 2 is 1.33 bits per heavy atom. The monoisotopic (exact) mass is 92.0 g/mol. The van der Waals surface area contributed by atoms with Crippen molar-refractivity contribution in [2.45, 2.75) is 0 Å². The first-order valence-corrected chi connectivity index (χ1v) is 0.946. The Kier molecular flexibility index (Phi) is 13.3. The number of carbonyl (C=O) groups is 1. The molecule has 0 aliphatic carbocycles. The van der Waals surface area contributed by atoms with Crippen LogP contribution in [0, 0.1) is 0 Å². The van der Waals surface area contributed by atoms with Crippen molar-refractivity contribution in [3.63, 3.8) is 0 Å². The van der Waals surface area contributed by atoms with E-state index in [-0.39, 0.29) is 0 Å². The molecular weight excluding hydrogens is 88.0 g/mol. The molecule has 5 heteroatoms. The van der Waals surface area contributed by atoms with Gasteiger partial charge in [0.05, 0.1) is 0 Å². The van der Waals surface area contributed by atoms with Gasteiger partial charge in [-0.05, 0) is 6.16 Å². The fraction of sp³-hybridized carbons (Fsp3) is 0. The summed E-state index contributed by atoms with van der Waals surface area (Å²) in [4.78, 5) is 8.33. The van der Waals surface area contributed by atoms with Crippen molar-refractivity contribution in [1.82, 2.24) is 0 Å². The van der Waals surface area contributed by atoms with Gasteiger partial charge in [0.25, 0.3) is 0 Å². The van der Waals surface area contributed by atoms with E-state index >= 15 is 0 Å². The minimum Gasteiger partial charge on any atom is -0.652 e. The number of carboxylic acid groups (broad SMARTS) is 2. The molecule has 0 fully saturated rings. The van der Waals surface area contributed by atoms with Gasteiger partial charge in [-0.1, -0.05) is 0 Å². The fourth-order valence-electron chi connectivity index (χ4n) is 0. The highest BCUT2D eigenvalue weighted by Gasteiger charge is 1.26. The summed E-state index contributed by atoms with van der Waals surface area (Å²) in [7, 11) is 0. The Labute approximate surface area is 34.1 Å². The van der Waals surface area contributed by atoms with Gasteiger partial charge < -0.3 is 15.0 Å². The second-order valence-electron chi connectivity index (χ2n) is 0.250. The van der Waals surface area contributed by atoms with Crippen LogP contribution in [0.5, 0.6) is 0 Å². The molecule has 4 N–H and O–H groups in total. The third-order valence-corrected chi connectivity index (χ3v) is 0. The number of carbonyl (C=O) groups excluding carboxylic acids is 1. The summed E-state index contributed by atoms with van der Waals surface area (Å²) in [5.41, 5.74) is 0. The summed E-state index contributed by atoms with van der Waals surface area (Å²) in [5.74, 6) is 8.00. The largest absolute Gasteiger partial charge is 0.652 e. The van der Waals surface area contributed by atoms with Gasteiger partial charge in [-0.3, -0.25) is 11.7 Å². The average molecular weight is 92.1 g/mol. The van der Waals surface area contributed by atoms with E-state index in [0.717, 1.165) is 0 Å². The lowest BCUT2D eigenvalue weighted by molar-refractivity contribution is -0.415. The molecule has 0 aromatic heterocycles. The van der Waals surface area contributed by atoms with E-state index in [1.165, 1.54) is 0 Å². The standard InChI is InChI=1S/CH2O3.H4N2/c2-1(3)4;1-2/h(H2,2,3,4);1-2H2/p-2. The van der Waals surface area contributed by atoms with Gasteiger partial charge in [-0.25, -0.2) is 0 Å². The van der Waals surface area contributed by atoms with Crippen LogP contribution >= 0.6 is 0 Å². The topological polar surface area (TPSA) is 115 Å². The van der Waals surface area contributed by atoms with Gasteiger partial charge in [0.1, 0.15) is 0 Å². The molecule has 6 heavy (non-hydrogen) atoms. The van der Waals surface area contributed by atoms with Crippen LogP contribution in [0.3, 0.4) is 0 Å². The second kappa shape index (κ2) is 8.89. The number of rotatable bonds is 0. The van der Waals surface area contributed by atoms with Crippen LogP contribution in [0.1, 0.15) is 0 Å². The molecule has 0 radical (unpaired) electrons. The third kappa shape index (κ3) is 23.3. The first-order valence-electron chi connectivity index (χ1n) is 0.946. The minimum atomic E-state index is -2.33. The highest BCUT2D eigenvalue weighted by atomic mass is 16.6. The Morgan fingerprint density at radius 1 is 1.33 bits per heavy atom. The molecule has 0 aliphatic rings. The predicted molar refractivity (Wildman–Crippen MR) is 13.8 cm³/mol.